The second kappa shape index (κ2) is 15.9. The van der Waals surface area contributed by atoms with Gasteiger partial charge in [-0.2, -0.15) is 0 Å². The predicted octanol–water partition coefficient (Wildman–Crippen LogP) is 15.6. The van der Waals surface area contributed by atoms with Gasteiger partial charge in [-0.15, -0.1) is 0 Å². The van der Waals surface area contributed by atoms with Gasteiger partial charge in [0.2, 0.25) is 0 Å². The van der Waals surface area contributed by atoms with E-state index in [-0.39, 0.29) is 5.41 Å². The first-order valence-corrected chi connectivity index (χ1v) is 21.1. The highest BCUT2D eigenvalue weighted by Gasteiger charge is 2.37. The second-order valence-electron chi connectivity index (χ2n) is 16.5. The number of anilines is 3. The Morgan fingerprint density at radius 3 is 1.45 bits per heavy atom. The van der Waals surface area contributed by atoms with Crippen molar-refractivity contribution in [1.82, 2.24) is 0 Å². The Kier molecular flexibility index (Phi) is 9.79. The molecule has 0 aliphatic heterocycles. The fourth-order valence-electron chi connectivity index (χ4n) is 9.31. The quantitative estimate of drug-likeness (QED) is 0.134. The highest BCUT2D eigenvalue weighted by molar-refractivity contribution is 5.95. The van der Waals surface area contributed by atoms with E-state index in [2.05, 4.69) is 243 Å². The van der Waals surface area contributed by atoms with Crippen LogP contribution in [0, 0.1) is 0 Å². The average Bonchev–Trinajstić information content (AvgIpc) is 3.54. The first-order valence-electron chi connectivity index (χ1n) is 21.1. The molecule has 0 saturated heterocycles. The smallest absolute Gasteiger partial charge is 0.0543 e. The lowest BCUT2D eigenvalue weighted by molar-refractivity contribution is 0.660. The van der Waals surface area contributed by atoms with Crippen molar-refractivity contribution in [3.8, 4) is 44.5 Å². The topological polar surface area (TPSA) is 3.24 Å². The van der Waals surface area contributed by atoms with Crippen LogP contribution in [0.4, 0.5) is 17.1 Å². The van der Waals surface area contributed by atoms with Gasteiger partial charge in [0, 0.05) is 22.4 Å². The number of nitrogens with zero attached hydrogens (tertiary/aromatic N) is 1. The molecule has 0 spiro atoms. The molecule has 0 radical (unpaired) electrons. The minimum Gasteiger partial charge on any atom is -0.310 e. The van der Waals surface area contributed by atoms with E-state index in [0.29, 0.717) is 0 Å². The van der Waals surface area contributed by atoms with Crippen LogP contribution >= 0.6 is 0 Å². The number of hydrogen-bond acceptors (Lipinski definition) is 1. The van der Waals surface area contributed by atoms with E-state index in [4.69, 9.17) is 0 Å². The monoisotopic (exact) mass is 769 g/mol. The lowest BCUT2D eigenvalue weighted by Crippen LogP contribution is -2.16. The molecule has 0 N–H and O–H groups in total. The largest absolute Gasteiger partial charge is 0.310 e. The molecule has 9 aromatic rings. The number of hydrogen-bond donors (Lipinski definition) is 0. The van der Waals surface area contributed by atoms with Crippen LogP contribution in [0.25, 0.3) is 44.5 Å². The Balaban J connectivity index is 1.08. The zero-order valence-electron chi connectivity index (χ0n) is 34.2. The maximum Gasteiger partial charge on any atom is 0.0543 e. The van der Waals surface area contributed by atoms with Crippen LogP contribution in [0.15, 0.2) is 224 Å². The van der Waals surface area contributed by atoms with E-state index in [9.17, 15) is 0 Å². The molecule has 0 bridgehead atoms. The molecule has 0 saturated carbocycles. The fraction of sp³-hybridized carbons (Fsp3) is 0.0847. The maximum atomic E-state index is 2.45. The van der Waals surface area contributed by atoms with Crippen molar-refractivity contribution in [2.45, 2.75) is 32.1 Å². The lowest BCUT2D eigenvalue weighted by Gasteiger charge is -2.29. The van der Waals surface area contributed by atoms with E-state index < -0.39 is 0 Å². The highest BCUT2D eigenvalue weighted by atomic mass is 15.1. The van der Waals surface area contributed by atoms with Crippen molar-refractivity contribution in [2.24, 2.45) is 0 Å². The van der Waals surface area contributed by atoms with Crippen LogP contribution in [0.3, 0.4) is 0 Å². The molecule has 1 aliphatic carbocycles. The molecule has 1 nitrogen and oxygen atoms in total. The molecule has 1 aliphatic rings. The Labute approximate surface area is 354 Å². The molecule has 9 aromatic carbocycles. The first-order chi connectivity index (χ1) is 29.5. The minimum absolute atomic E-state index is 0.0985. The summed E-state index contributed by atoms with van der Waals surface area (Å²) < 4.78 is 0. The Morgan fingerprint density at radius 1 is 0.350 bits per heavy atom. The lowest BCUT2D eigenvalue weighted by atomic mass is 9.82. The number of rotatable bonds is 10. The summed E-state index contributed by atoms with van der Waals surface area (Å²) in [4.78, 5) is 2.45. The van der Waals surface area contributed by atoms with Crippen LogP contribution in [-0.4, -0.2) is 0 Å². The normalized spacial score (nSPS) is 12.4. The van der Waals surface area contributed by atoms with Crippen LogP contribution in [-0.2, 0) is 18.3 Å². The highest BCUT2D eigenvalue weighted by Crippen LogP contribution is 2.54. The van der Waals surface area contributed by atoms with Crippen molar-refractivity contribution in [1.29, 1.82) is 0 Å². The Hall–Kier alpha value is -7.22. The first kappa shape index (κ1) is 37.1. The van der Waals surface area contributed by atoms with Gasteiger partial charge in [0.05, 0.1) is 5.69 Å². The summed E-state index contributed by atoms with van der Waals surface area (Å²) >= 11 is 0. The van der Waals surface area contributed by atoms with E-state index >= 15 is 0 Å². The molecule has 0 amide bonds. The van der Waals surface area contributed by atoms with E-state index in [1.807, 2.05) is 0 Å². The van der Waals surface area contributed by atoms with Gasteiger partial charge in [-0.25, -0.2) is 0 Å². The van der Waals surface area contributed by atoms with Crippen molar-refractivity contribution in [3.05, 3.63) is 258 Å². The molecule has 288 valence electrons. The molecule has 0 aromatic heterocycles. The van der Waals surface area contributed by atoms with E-state index in [1.165, 1.54) is 83.6 Å². The zero-order chi connectivity index (χ0) is 40.5. The van der Waals surface area contributed by atoms with E-state index in [0.717, 1.165) is 24.2 Å². The standard InChI is InChI=1S/C59H47N/c1-59(2)55-26-15-14-25-53(55)58-56(59)27-16-28-57(58)60(50-35-31-45(32-36-50)44-21-10-5-11-22-44)51-37-33-46(34-38-51)47-29-30-49(40-43-19-8-4-9-20-43)54(41-47)52-24-13-12-23-48(52)39-42-17-6-3-7-18-42/h3-38,41H,39-40H2,1-2H3. The zero-order valence-corrected chi connectivity index (χ0v) is 34.2. The van der Waals surface area contributed by atoms with Crippen molar-refractivity contribution < 1.29 is 0 Å². The molecule has 60 heavy (non-hydrogen) atoms. The Morgan fingerprint density at radius 2 is 0.817 bits per heavy atom. The summed E-state index contributed by atoms with van der Waals surface area (Å²) in [5.41, 5.74) is 21.4. The Bertz CT molecular complexity index is 2910. The fourth-order valence-corrected chi connectivity index (χ4v) is 9.31. The SMILES string of the molecule is CC1(C)c2ccccc2-c2c(N(c3ccc(-c4ccccc4)cc3)c3ccc(-c4ccc(Cc5ccccc5)c(-c5ccccc5Cc5ccccc5)c4)cc3)cccc21. The third-order valence-electron chi connectivity index (χ3n) is 12.4. The van der Waals surface area contributed by atoms with Crippen molar-refractivity contribution >= 4 is 17.1 Å². The minimum atomic E-state index is -0.0985. The molecule has 0 unspecified atom stereocenters. The van der Waals surface area contributed by atoms with Crippen LogP contribution in [0.2, 0.25) is 0 Å². The third kappa shape index (κ3) is 7.03. The van der Waals surface area contributed by atoms with Gasteiger partial charge in [-0.1, -0.05) is 202 Å². The van der Waals surface area contributed by atoms with Gasteiger partial charge in [-0.05, 0) is 122 Å². The van der Waals surface area contributed by atoms with Crippen molar-refractivity contribution in [2.75, 3.05) is 4.90 Å². The summed E-state index contributed by atoms with van der Waals surface area (Å²) in [6, 6.07) is 82.3. The van der Waals surface area contributed by atoms with Gasteiger partial charge in [-0.3, -0.25) is 0 Å². The van der Waals surface area contributed by atoms with Crippen molar-refractivity contribution in [3.63, 3.8) is 0 Å². The van der Waals surface area contributed by atoms with Crippen LogP contribution in [0.1, 0.15) is 47.2 Å². The number of benzene rings is 9. The van der Waals surface area contributed by atoms with E-state index in [1.54, 1.807) is 0 Å². The summed E-state index contributed by atoms with van der Waals surface area (Å²) in [6.07, 6.45) is 1.75. The summed E-state index contributed by atoms with van der Waals surface area (Å²) in [7, 11) is 0. The van der Waals surface area contributed by atoms with Gasteiger partial charge in [0.25, 0.3) is 0 Å². The van der Waals surface area contributed by atoms with Crippen LogP contribution in [0.5, 0.6) is 0 Å². The van der Waals surface area contributed by atoms with Gasteiger partial charge < -0.3 is 4.90 Å². The molecule has 0 atom stereocenters. The molecular formula is C59H47N. The number of fused-ring (bicyclic) bond motifs is 3. The van der Waals surface area contributed by atoms with Gasteiger partial charge in [0.15, 0.2) is 0 Å². The molecular weight excluding hydrogens is 723 g/mol. The average molecular weight is 770 g/mol. The predicted molar refractivity (Wildman–Crippen MR) is 253 cm³/mol. The van der Waals surface area contributed by atoms with Crippen LogP contribution < -0.4 is 4.90 Å². The van der Waals surface area contributed by atoms with Gasteiger partial charge >= 0.3 is 0 Å². The molecule has 1 heteroatoms. The molecule has 10 rings (SSSR count). The summed E-state index contributed by atoms with van der Waals surface area (Å²) in [5.74, 6) is 0. The maximum absolute atomic E-state index is 2.45. The van der Waals surface area contributed by atoms with Gasteiger partial charge in [0.1, 0.15) is 0 Å². The summed E-state index contributed by atoms with van der Waals surface area (Å²) in [5, 5.41) is 0. The molecule has 0 heterocycles. The third-order valence-corrected chi connectivity index (χ3v) is 12.4. The molecule has 0 fully saturated rings. The summed E-state index contributed by atoms with van der Waals surface area (Å²) in [6.45, 7) is 4.71. The second-order valence-corrected chi connectivity index (χ2v) is 16.5.